The van der Waals surface area contributed by atoms with Gasteiger partial charge in [-0.3, -0.25) is 0 Å². The van der Waals surface area contributed by atoms with Crippen molar-refractivity contribution in [2.75, 3.05) is 0 Å². The highest BCUT2D eigenvalue weighted by Gasteiger charge is 2.36. The van der Waals surface area contributed by atoms with Crippen LogP contribution in [0.3, 0.4) is 0 Å². The molecule has 0 aromatic carbocycles. The molecule has 1 heterocycles. The molecule has 0 amide bonds. The Bertz CT molecular complexity index is 275. The van der Waals surface area contributed by atoms with Crippen LogP contribution in [0.4, 0.5) is 0 Å². The fourth-order valence-electron chi connectivity index (χ4n) is 1.91. The van der Waals surface area contributed by atoms with E-state index in [-0.39, 0.29) is 0 Å². The molecule has 14 heavy (non-hydrogen) atoms. The first kappa shape index (κ1) is 9.69. The van der Waals surface area contributed by atoms with Gasteiger partial charge in [-0.05, 0) is 37.5 Å². The van der Waals surface area contributed by atoms with E-state index in [2.05, 4.69) is 23.9 Å². The minimum absolute atomic E-state index is 0.551. The zero-order chi connectivity index (χ0) is 10.0. The Kier molecular flexibility index (Phi) is 2.57. The monoisotopic (exact) mass is 193 g/mol. The van der Waals surface area contributed by atoms with Crippen LogP contribution in [0, 0.1) is 5.41 Å². The van der Waals surface area contributed by atoms with Crippen LogP contribution in [0.5, 0.6) is 0 Å². The van der Waals surface area contributed by atoms with Gasteiger partial charge in [0, 0.05) is 0 Å². The fraction of sp³-hybridized carbons (Fsp3) is 0.818. The Morgan fingerprint density at radius 2 is 2.29 bits per heavy atom. The molecule has 3 nitrogen and oxygen atoms in total. The lowest BCUT2D eigenvalue weighted by Gasteiger charge is -2.17. The molecule has 1 aromatic heterocycles. The molecule has 0 N–H and O–H groups in total. The van der Waals surface area contributed by atoms with Crippen molar-refractivity contribution in [3.05, 3.63) is 12.7 Å². The van der Waals surface area contributed by atoms with Gasteiger partial charge in [0.2, 0.25) is 0 Å². The third kappa shape index (κ3) is 2.14. The molecule has 1 aromatic rings. The van der Waals surface area contributed by atoms with Crippen LogP contribution in [0.25, 0.3) is 0 Å². The molecular weight excluding hydrogens is 174 g/mol. The van der Waals surface area contributed by atoms with Gasteiger partial charge in [-0.1, -0.05) is 13.8 Å². The number of aromatic nitrogens is 3. The summed E-state index contributed by atoms with van der Waals surface area (Å²) in [5.74, 6) is 0. The average Bonchev–Trinajstić information content (AvgIpc) is 2.69. The van der Waals surface area contributed by atoms with Crippen LogP contribution < -0.4 is 0 Å². The average molecular weight is 193 g/mol. The predicted molar refractivity (Wildman–Crippen MR) is 55.9 cm³/mol. The summed E-state index contributed by atoms with van der Waals surface area (Å²) in [7, 11) is 0. The van der Waals surface area contributed by atoms with Crippen molar-refractivity contribution < 1.29 is 0 Å². The summed E-state index contributed by atoms with van der Waals surface area (Å²) in [6.07, 6.45) is 10.0. The van der Waals surface area contributed by atoms with E-state index in [9.17, 15) is 0 Å². The quantitative estimate of drug-likeness (QED) is 0.720. The lowest BCUT2D eigenvalue weighted by molar-refractivity contribution is 0.358. The fourth-order valence-corrected chi connectivity index (χ4v) is 1.91. The van der Waals surface area contributed by atoms with Gasteiger partial charge in [0.1, 0.15) is 12.7 Å². The first-order valence-electron chi connectivity index (χ1n) is 5.58. The van der Waals surface area contributed by atoms with Crippen LogP contribution in [0.1, 0.15) is 52.0 Å². The summed E-state index contributed by atoms with van der Waals surface area (Å²) in [6.45, 7) is 4.61. The van der Waals surface area contributed by atoms with Gasteiger partial charge in [-0.15, -0.1) is 0 Å². The van der Waals surface area contributed by atoms with Crippen molar-refractivity contribution >= 4 is 0 Å². The smallest absolute Gasteiger partial charge is 0.137 e. The van der Waals surface area contributed by atoms with Crippen molar-refractivity contribution in [3.63, 3.8) is 0 Å². The molecule has 1 aliphatic carbocycles. The summed E-state index contributed by atoms with van der Waals surface area (Å²) in [4.78, 5) is 4.00. The van der Waals surface area contributed by atoms with Crippen molar-refractivity contribution in [2.24, 2.45) is 5.41 Å². The molecule has 2 rings (SSSR count). The molecule has 78 valence electrons. The van der Waals surface area contributed by atoms with E-state index in [1.165, 1.54) is 25.7 Å². The highest BCUT2D eigenvalue weighted by molar-refractivity contribution is 4.89. The molecular formula is C11H19N3. The first-order chi connectivity index (χ1) is 6.73. The standard InChI is InChI=1S/C11H19N3/c1-3-10(14-9-12-8-13-14)4-5-11(2)6-7-11/h8-10H,3-7H2,1-2H3/t10-/m1/s1. The van der Waals surface area contributed by atoms with E-state index in [0.717, 1.165) is 6.42 Å². The van der Waals surface area contributed by atoms with Crippen LogP contribution in [0.15, 0.2) is 12.7 Å². The lowest BCUT2D eigenvalue weighted by atomic mass is 9.98. The van der Waals surface area contributed by atoms with Crippen LogP contribution >= 0.6 is 0 Å². The summed E-state index contributed by atoms with van der Waals surface area (Å²) < 4.78 is 2.01. The van der Waals surface area contributed by atoms with Gasteiger partial charge in [0.25, 0.3) is 0 Å². The molecule has 0 radical (unpaired) electrons. The largest absolute Gasteiger partial charge is 0.250 e. The minimum Gasteiger partial charge on any atom is -0.250 e. The number of nitrogens with zero attached hydrogens (tertiary/aromatic N) is 3. The molecule has 0 saturated heterocycles. The zero-order valence-electron chi connectivity index (χ0n) is 9.11. The summed E-state index contributed by atoms with van der Waals surface area (Å²) in [5.41, 5.74) is 0.661. The molecule has 0 spiro atoms. The highest BCUT2D eigenvalue weighted by Crippen LogP contribution is 2.49. The lowest BCUT2D eigenvalue weighted by Crippen LogP contribution is -2.10. The summed E-state index contributed by atoms with van der Waals surface area (Å²) >= 11 is 0. The Morgan fingerprint density at radius 3 is 2.79 bits per heavy atom. The van der Waals surface area contributed by atoms with E-state index < -0.39 is 0 Å². The van der Waals surface area contributed by atoms with Gasteiger partial charge < -0.3 is 0 Å². The van der Waals surface area contributed by atoms with Crippen molar-refractivity contribution in [1.29, 1.82) is 0 Å². The number of hydrogen-bond acceptors (Lipinski definition) is 2. The van der Waals surface area contributed by atoms with Crippen molar-refractivity contribution in [2.45, 2.75) is 52.0 Å². The van der Waals surface area contributed by atoms with Crippen LogP contribution in [-0.4, -0.2) is 14.8 Å². The highest BCUT2D eigenvalue weighted by atomic mass is 15.3. The van der Waals surface area contributed by atoms with Crippen LogP contribution in [0.2, 0.25) is 0 Å². The Labute approximate surface area is 85.5 Å². The molecule has 0 unspecified atom stereocenters. The maximum atomic E-state index is 4.21. The van der Waals surface area contributed by atoms with E-state index >= 15 is 0 Å². The minimum atomic E-state index is 0.551. The normalized spacial score (nSPS) is 20.7. The maximum absolute atomic E-state index is 4.21. The molecule has 0 bridgehead atoms. The molecule has 1 fully saturated rings. The Morgan fingerprint density at radius 1 is 1.50 bits per heavy atom. The van der Waals surface area contributed by atoms with Gasteiger partial charge in [-0.25, -0.2) is 9.67 Å². The van der Waals surface area contributed by atoms with E-state index in [1.807, 2.05) is 11.0 Å². The van der Waals surface area contributed by atoms with E-state index in [0.29, 0.717) is 11.5 Å². The number of hydrogen-bond donors (Lipinski definition) is 0. The Hall–Kier alpha value is -0.860. The molecule has 3 heteroatoms. The van der Waals surface area contributed by atoms with E-state index in [1.54, 1.807) is 6.33 Å². The first-order valence-corrected chi connectivity index (χ1v) is 5.58. The third-order valence-corrected chi connectivity index (χ3v) is 3.47. The topological polar surface area (TPSA) is 30.7 Å². The van der Waals surface area contributed by atoms with Gasteiger partial charge >= 0.3 is 0 Å². The zero-order valence-corrected chi connectivity index (χ0v) is 9.11. The van der Waals surface area contributed by atoms with E-state index in [4.69, 9.17) is 0 Å². The summed E-state index contributed by atoms with van der Waals surface area (Å²) in [5, 5.41) is 4.21. The molecule has 1 atom stereocenters. The molecule has 1 saturated carbocycles. The van der Waals surface area contributed by atoms with Crippen molar-refractivity contribution in [3.8, 4) is 0 Å². The Balaban J connectivity index is 1.87. The maximum Gasteiger partial charge on any atom is 0.137 e. The second-order valence-corrected chi connectivity index (χ2v) is 4.79. The number of rotatable bonds is 5. The van der Waals surface area contributed by atoms with Crippen molar-refractivity contribution in [1.82, 2.24) is 14.8 Å². The molecule has 1 aliphatic rings. The molecule has 0 aliphatic heterocycles. The third-order valence-electron chi connectivity index (χ3n) is 3.47. The second-order valence-electron chi connectivity index (χ2n) is 4.79. The van der Waals surface area contributed by atoms with Crippen LogP contribution in [-0.2, 0) is 0 Å². The SMILES string of the molecule is CC[C@H](CCC1(C)CC1)n1cncn1. The predicted octanol–water partition coefficient (Wildman–Crippen LogP) is 2.81. The van der Waals surface area contributed by atoms with Gasteiger partial charge in [0.15, 0.2) is 0 Å². The second kappa shape index (κ2) is 3.71. The summed E-state index contributed by atoms with van der Waals surface area (Å²) in [6, 6.07) is 0.551. The van der Waals surface area contributed by atoms with Gasteiger partial charge in [-0.2, -0.15) is 5.10 Å². The van der Waals surface area contributed by atoms with Gasteiger partial charge in [0.05, 0.1) is 6.04 Å².